The maximum atomic E-state index is 11.2. The van der Waals surface area contributed by atoms with Crippen LogP contribution in [0, 0.1) is 0 Å². The first kappa shape index (κ1) is 17.9. The maximum Gasteiger partial charge on any atom is 0.130 e. The van der Waals surface area contributed by atoms with Crippen LogP contribution in [0.1, 0.15) is 82.4 Å². The number of hydrogen-bond acceptors (Lipinski definition) is 1. The molecule has 0 aliphatic heterocycles. The van der Waals surface area contributed by atoms with Crippen LogP contribution < -0.4 is 0 Å². The van der Waals surface area contributed by atoms with E-state index in [2.05, 4.69) is 32.0 Å². The van der Waals surface area contributed by atoms with Gasteiger partial charge in [-0.05, 0) is 55.7 Å². The second kappa shape index (κ2) is 10.6. The molecule has 0 aromatic heterocycles. The zero-order chi connectivity index (χ0) is 15.5. The fourth-order valence-corrected chi connectivity index (χ4v) is 2.75. The van der Waals surface area contributed by atoms with Gasteiger partial charge in [-0.3, -0.25) is 0 Å². The summed E-state index contributed by atoms with van der Waals surface area (Å²) in [6.45, 7) is 6.19. The molecule has 0 unspecified atom stereocenters. The number of Topliss-reactive ketones (excluding diaryl/α,β-unsaturated/α-hetero) is 1. The number of unbranched alkanes of at least 4 members (excludes halogenated alkanes) is 4. The van der Waals surface area contributed by atoms with Crippen molar-refractivity contribution in [3.05, 3.63) is 34.9 Å². The van der Waals surface area contributed by atoms with E-state index in [1.54, 1.807) is 6.92 Å². The summed E-state index contributed by atoms with van der Waals surface area (Å²) in [5.74, 6) is 0.291. The lowest BCUT2D eigenvalue weighted by Crippen LogP contribution is -1.98. The third kappa shape index (κ3) is 8.04. The average molecular weight is 288 g/mol. The van der Waals surface area contributed by atoms with Crippen molar-refractivity contribution in [3.8, 4) is 0 Å². The van der Waals surface area contributed by atoms with Crippen LogP contribution in [-0.2, 0) is 24.1 Å². The third-order valence-corrected chi connectivity index (χ3v) is 4.02. The molecule has 0 radical (unpaired) electrons. The predicted molar refractivity (Wildman–Crippen MR) is 91.9 cm³/mol. The summed E-state index contributed by atoms with van der Waals surface area (Å²) in [5, 5.41) is 0. The molecule has 0 heterocycles. The van der Waals surface area contributed by atoms with Gasteiger partial charge < -0.3 is 4.79 Å². The van der Waals surface area contributed by atoms with Crippen molar-refractivity contribution in [1.29, 1.82) is 0 Å². The first-order chi connectivity index (χ1) is 10.2. The molecule has 1 heteroatoms. The summed E-state index contributed by atoms with van der Waals surface area (Å²) < 4.78 is 0. The van der Waals surface area contributed by atoms with E-state index in [-0.39, 0.29) is 0 Å². The van der Waals surface area contributed by atoms with Crippen LogP contribution in [0.3, 0.4) is 0 Å². The monoisotopic (exact) mass is 288 g/mol. The van der Waals surface area contributed by atoms with Crippen molar-refractivity contribution < 1.29 is 4.79 Å². The zero-order valence-electron chi connectivity index (χ0n) is 14.2. The SMILES string of the molecule is CCCCCc1cc(CCCCC)cc(CCC(C)=O)c1. The van der Waals surface area contributed by atoms with Crippen LogP contribution >= 0.6 is 0 Å². The largest absolute Gasteiger partial charge is 0.300 e. The van der Waals surface area contributed by atoms with Crippen molar-refractivity contribution in [2.75, 3.05) is 0 Å². The molecule has 0 saturated carbocycles. The molecule has 0 amide bonds. The first-order valence-electron chi connectivity index (χ1n) is 8.76. The van der Waals surface area contributed by atoms with Gasteiger partial charge in [0.15, 0.2) is 0 Å². The van der Waals surface area contributed by atoms with Gasteiger partial charge >= 0.3 is 0 Å². The summed E-state index contributed by atoms with van der Waals surface area (Å²) in [4.78, 5) is 11.2. The number of hydrogen-bond donors (Lipinski definition) is 0. The molecular formula is C20H32O. The lowest BCUT2D eigenvalue weighted by atomic mass is 9.96. The Morgan fingerprint density at radius 2 is 1.19 bits per heavy atom. The average Bonchev–Trinajstić information content (AvgIpc) is 2.46. The highest BCUT2D eigenvalue weighted by Gasteiger charge is 2.04. The molecule has 1 nitrogen and oxygen atoms in total. The fraction of sp³-hybridized carbons (Fsp3) is 0.650. The van der Waals surface area contributed by atoms with Gasteiger partial charge in [0.05, 0.1) is 0 Å². The summed E-state index contributed by atoms with van der Waals surface area (Å²) in [6, 6.07) is 7.03. The van der Waals surface area contributed by atoms with Crippen LogP contribution in [0.15, 0.2) is 18.2 Å². The van der Waals surface area contributed by atoms with Gasteiger partial charge in [-0.25, -0.2) is 0 Å². The molecule has 0 saturated heterocycles. The van der Waals surface area contributed by atoms with E-state index >= 15 is 0 Å². The van der Waals surface area contributed by atoms with Crippen molar-refractivity contribution in [2.24, 2.45) is 0 Å². The third-order valence-electron chi connectivity index (χ3n) is 4.02. The number of rotatable bonds is 11. The van der Waals surface area contributed by atoms with Gasteiger partial charge in [0, 0.05) is 6.42 Å². The van der Waals surface area contributed by atoms with Gasteiger partial charge in [0.25, 0.3) is 0 Å². The van der Waals surface area contributed by atoms with Crippen molar-refractivity contribution in [1.82, 2.24) is 0 Å². The number of aryl methyl sites for hydroxylation is 3. The van der Waals surface area contributed by atoms with E-state index in [0.717, 1.165) is 6.42 Å². The Kier molecular flexibility index (Phi) is 9.05. The van der Waals surface area contributed by atoms with E-state index in [1.165, 1.54) is 68.1 Å². The van der Waals surface area contributed by atoms with E-state index < -0.39 is 0 Å². The Morgan fingerprint density at radius 1 is 0.762 bits per heavy atom. The quantitative estimate of drug-likeness (QED) is 0.479. The van der Waals surface area contributed by atoms with Gasteiger partial charge in [-0.2, -0.15) is 0 Å². The molecular weight excluding hydrogens is 256 g/mol. The smallest absolute Gasteiger partial charge is 0.130 e. The molecule has 118 valence electrons. The van der Waals surface area contributed by atoms with Crippen molar-refractivity contribution in [3.63, 3.8) is 0 Å². The maximum absolute atomic E-state index is 11.2. The van der Waals surface area contributed by atoms with E-state index in [4.69, 9.17) is 0 Å². The van der Waals surface area contributed by atoms with Gasteiger partial charge in [0.1, 0.15) is 5.78 Å². The second-order valence-corrected chi connectivity index (χ2v) is 6.27. The van der Waals surface area contributed by atoms with Crippen LogP contribution in [0.4, 0.5) is 0 Å². The lowest BCUT2D eigenvalue weighted by molar-refractivity contribution is -0.116. The van der Waals surface area contributed by atoms with Crippen molar-refractivity contribution in [2.45, 2.75) is 85.0 Å². The molecule has 0 N–H and O–H groups in total. The molecule has 1 rings (SSSR count). The number of ketones is 1. The van der Waals surface area contributed by atoms with Gasteiger partial charge in [-0.15, -0.1) is 0 Å². The molecule has 1 aromatic rings. The predicted octanol–water partition coefficient (Wildman–Crippen LogP) is 5.67. The summed E-state index contributed by atoms with van der Waals surface area (Å²) in [6.07, 6.45) is 11.7. The highest BCUT2D eigenvalue weighted by atomic mass is 16.1. The number of carbonyl (C=O) groups excluding carboxylic acids is 1. The Bertz CT molecular complexity index is 392. The van der Waals surface area contributed by atoms with Gasteiger partial charge in [0.2, 0.25) is 0 Å². The molecule has 0 bridgehead atoms. The lowest BCUT2D eigenvalue weighted by Gasteiger charge is -2.10. The van der Waals surface area contributed by atoms with Crippen LogP contribution in [0.5, 0.6) is 0 Å². The van der Waals surface area contributed by atoms with Gasteiger partial charge in [-0.1, -0.05) is 57.7 Å². The standard InChI is InChI=1S/C20H32O/c1-4-6-8-10-18-14-19(11-9-7-5-2)16-20(15-18)13-12-17(3)21/h14-16H,4-13H2,1-3H3. The van der Waals surface area contributed by atoms with Crippen molar-refractivity contribution >= 4 is 5.78 Å². The fourth-order valence-electron chi connectivity index (χ4n) is 2.75. The first-order valence-corrected chi connectivity index (χ1v) is 8.76. The Morgan fingerprint density at radius 3 is 1.57 bits per heavy atom. The zero-order valence-corrected chi connectivity index (χ0v) is 14.2. The highest BCUT2D eigenvalue weighted by Crippen LogP contribution is 2.17. The summed E-state index contributed by atoms with van der Waals surface area (Å²) >= 11 is 0. The molecule has 0 aliphatic rings. The molecule has 21 heavy (non-hydrogen) atoms. The molecule has 0 atom stereocenters. The van der Waals surface area contributed by atoms with Crippen LogP contribution in [0.25, 0.3) is 0 Å². The normalized spacial score (nSPS) is 10.8. The second-order valence-electron chi connectivity index (χ2n) is 6.27. The minimum atomic E-state index is 0.291. The highest BCUT2D eigenvalue weighted by molar-refractivity contribution is 5.75. The van der Waals surface area contributed by atoms with Crippen LogP contribution in [0.2, 0.25) is 0 Å². The summed E-state index contributed by atoms with van der Waals surface area (Å²) in [5.41, 5.74) is 4.29. The summed E-state index contributed by atoms with van der Waals surface area (Å²) in [7, 11) is 0. The topological polar surface area (TPSA) is 17.1 Å². The molecule has 0 aliphatic carbocycles. The number of benzene rings is 1. The number of carbonyl (C=O) groups is 1. The van der Waals surface area contributed by atoms with E-state index in [0.29, 0.717) is 12.2 Å². The van der Waals surface area contributed by atoms with Crippen LogP contribution in [-0.4, -0.2) is 5.78 Å². The Balaban J connectivity index is 2.72. The Hall–Kier alpha value is -1.11. The van der Waals surface area contributed by atoms with E-state index in [9.17, 15) is 4.79 Å². The minimum absolute atomic E-state index is 0.291. The van der Waals surface area contributed by atoms with E-state index in [1.807, 2.05) is 0 Å². The Labute approximate surface area is 131 Å². The molecule has 1 aromatic carbocycles. The molecule has 0 spiro atoms. The minimum Gasteiger partial charge on any atom is -0.300 e. The molecule has 0 fully saturated rings.